The maximum atomic E-state index is 14.2. The zero-order valence-electron chi connectivity index (χ0n) is 40.9. The molecule has 2 atom stereocenters. The highest BCUT2D eigenvalue weighted by molar-refractivity contribution is 5.98. The Morgan fingerprint density at radius 3 is 1.45 bits per heavy atom. The summed E-state index contributed by atoms with van der Waals surface area (Å²) in [6.07, 6.45) is -4.89. The van der Waals surface area contributed by atoms with Crippen LogP contribution in [0.1, 0.15) is 57.5 Å². The molecule has 4 aromatic carbocycles. The smallest absolute Gasteiger partial charge is 0.390 e. The third-order valence-electron chi connectivity index (χ3n) is 12.2. The fraction of sp³-hybridized carbons (Fsp3) is 0.259. The molecule has 4 heterocycles. The number of benzene rings is 4. The highest BCUT2D eigenvalue weighted by Crippen LogP contribution is 2.39. The number of aromatic carboxylic acids is 1. The van der Waals surface area contributed by atoms with Crippen molar-refractivity contribution >= 4 is 34.4 Å². The number of carbonyl (C=O) groups is 2. The van der Waals surface area contributed by atoms with Crippen LogP contribution in [0.15, 0.2) is 110 Å². The van der Waals surface area contributed by atoms with E-state index in [1.54, 1.807) is 71.6 Å². The molecule has 0 radical (unpaired) electrons. The first kappa shape index (κ1) is 53.8. The molecule has 0 saturated heterocycles. The summed E-state index contributed by atoms with van der Waals surface area (Å²) in [5.41, 5.74) is 5.62. The Balaban J connectivity index is 0.000000203. The van der Waals surface area contributed by atoms with Crippen LogP contribution >= 0.6 is 0 Å². The summed E-state index contributed by atoms with van der Waals surface area (Å²) in [7, 11) is 2.67. The Hall–Kier alpha value is -8.43. The van der Waals surface area contributed by atoms with Gasteiger partial charge in [-0.25, -0.2) is 27.9 Å². The number of rotatable bonds is 18. The minimum atomic E-state index is -4.35. The van der Waals surface area contributed by atoms with E-state index in [-0.39, 0.29) is 69.6 Å². The van der Waals surface area contributed by atoms with Gasteiger partial charge in [-0.2, -0.15) is 26.3 Å². The monoisotopic (exact) mass is 1060 g/mol. The highest BCUT2D eigenvalue weighted by Gasteiger charge is 2.39. The number of nitrogens with one attached hydrogen (secondary N) is 2. The molecule has 4 aromatic heterocycles. The molecule has 3 N–H and O–H groups in total. The van der Waals surface area contributed by atoms with Crippen molar-refractivity contribution in [2.45, 2.75) is 58.1 Å². The van der Waals surface area contributed by atoms with Crippen molar-refractivity contribution in [3.8, 4) is 57.0 Å². The lowest BCUT2D eigenvalue weighted by Crippen LogP contribution is -2.15. The third-order valence-corrected chi connectivity index (χ3v) is 12.2. The lowest BCUT2D eigenvalue weighted by atomic mass is 9.98. The van der Waals surface area contributed by atoms with Crippen LogP contribution in [0.2, 0.25) is 0 Å². The van der Waals surface area contributed by atoms with Gasteiger partial charge in [-0.1, -0.05) is 18.2 Å². The summed E-state index contributed by atoms with van der Waals surface area (Å²) in [6, 6.07) is 21.0. The van der Waals surface area contributed by atoms with Crippen LogP contribution < -0.4 is 29.6 Å². The van der Waals surface area contributed by atoms with E-state index in [1.807, 2.05) is 0 Å². The van der Waals surface area contributed by atoms with Gasteiger partial charge in [-0.3, -0.25) is 13.6 Å². The molecule has 13 nitrogen and oxygen atoms in total. The first-order valence-electron chi connectivity index (χ1n) is 23.4. The summed E-state index contributed by atoms with van der Waals surface area (Å²) in [5, 5.41) is 14.8. The van der Waals surface area contributed by atoms with Crippen molar-refractivity contribution in [3.63, 3.8) is 0 Å². The number of anilines is 2. The normalized spacial score (nSPS) is 14.2. The van der Waals surface area contributed by atoms with Gasteiger partial charge in [0.2, 0.25) is 0 Å². The number of ether oxygens (including phenoxy) is 4. The number of alkyl halides is 7. The summed E-state index contributed by atoms with van der Waals surface area (Å²) in [4.78, 5) is 32.8. The van der Waals surface area contributed by atoms with Gasteiger partial charge in [0.1, 0.15) is 29.2 Å². The lowest BCUT2D eigenvalue weighted by Gasteiger charge is -2.14. The van der Waals surface area contributed by atoms with Crippen LogP contribution in [0.4, 0.5) is 50.9 Å². The van der Waals surface area contributed by atoms with Gasteiger partial charge >= 0.3 is 18.3 Å². The molecule has 0 spiro atoms. The van der Waals surface area contributed by atoms with Gasteiger partial charge in [0.25, 0.3) is 0 Å². The molecule has 398 valence electrons. The maximum absolute atomic E-state index is 14.2. The Labute approximate surface area is 427 Å². The number of hydrogen-bond donors (Lipinski definition) is 3. The fourth-order valence-electron chi connectivity index (χ4n) is 8.26. The van der Waals surface area contributed by atoms with Crippen molar-refractivity contribution in [2.75, 3.05) is 37.9 Å². The predicted octanol–water partition coefficient (Wildman–Crippen LogP) is 13.9. The van der Waals surface area contributed by atoms with Gasteiger partial charge in [0.15, 0.2) is 40.2 Å². The van der Waals surface area contributed by atoms with Gasteiger partial charge in [-0.15, -0.1) is 0 Å². The lowest BCUT2D eigenvalue weighted by molar-refractivity contribution is -0.132. The minimum absolute atomic E-state index is 0.0318. The number of fused-ring (bicyclic) bond motifs is 2. The number of nitrogens with zero attached hydrogens (tertiary/aromatic N) is 4. The molecule has 76 heavy (non-hydrogen) atoms. The zero-order chi connectivity index (χ0) is 54.6. The molecule has 0 bridgehead atoms. The van der Waals surface area contributed by atoms with Gasteiger partial charge < -0.3 is 34.7 Å². The number of halogens is 9. The number of carboxylic acid groups (broad SMARTS) is 1. The number of pyridine rings is 2. The minimum Gasteiger partial charge on any atom is -0.494 e. The van der Waals surface area contributed by atoms with Crippen LogP contribution in [-0.4, -0.2) is 81.5 Å². The largest absolute Gasteiger partial charge is 0.494 e. The number of methoxy groups -OCH3 is 2. The Bertz CT molecular complexity index is 3450. The molecule has 8 aromatic rings. The number of carboxylic acids is 1. The van der Waals surface area contributed by atoms with E-state index in [1.165, 1.54) is 62.9 Å². The number of carbonyl (C=O) groups excluding carboxylic acids is 1. The summed E-state index contributed by atoms with van der Waals surface area (Å²) in [5.74, 6) is -1.87. The topological polar surface area (TPSA) is 150 Å². The molecule has 9 rings (SSSR count). The molecule has 1 saturated carbocycles. The van der Waals surface area contributed by atoms with Crippen molar-refractivity contribution in [1.82, 2.24) is 18.8 Å². The number of aryl methyl sites for hydroxylation is 2. The molecule has 0 aliphatic heterocycles. The Kier molecular flexibility index (Phi) is 15.7. The van der Waals surface area contributed by atoms with Crippen molar-refractivity contribution in [2.24, 2.45) is 5.92 Å². The quantitative estimate of drug-likeness (QED) is 0.0557. The molecule has 0 unspecified atom stereocenters. The fourth-order valence-corrected chi connectivity index (χ4v) is 8.26. The van der Waals surface area contributed by atoms with E-state index in [0.717, 1.165) is 12.1 Å². The highest BCUT2D eigenvalue weighted by atomic mass is 19.4. The van der Waals surface area contributed by atoms with Crippen LogP contribution in [-0.2, 0) is 0 Å². The van der Waals surface area contributed by atoms with E-state index in [9.17, 15) is 54.2 Å². The maximum Gasteiger partial charge on any atom is 0.390 e. The second-order valence-corrected chi connectivity index (χ2v) is 17.7. The second kappa shape index (κ2) is 22.2. The number of Topliss-reactive ketones (excluding diaryl/α,β-unsaturated/α-hetero) is 1. The average molecular weight is 1060 g/mol. The van der Waals surface area contributed by atoms with E-state index in [2.05, 4.69) is 20.6 Å². The van der Waals surface area contributed by atoms with Crippen molar-refractivity contribution < 1.29 is 73.2 Å². The Morgan fingerprint density at radius 2 is 1.08 bits per heavy atom. The first-order chi connectivity index (χ1) is 36.1. The van der Waals surface area contributed by atoms with Crippen molar-refractivity contribution in [3.05, 3.63) is 144 Å². The molecular weight excluding hydrogens is 1020 g/mol. The Morgan fingerprint density at radius 1 is 0.645 bits per heavy atom. The van der Waals surface area contributed by atoms with E-state index < -0.39 is 62.1 Å². The molecule has 0 amide bonds. The van der Waals surface area contributed by atoms with E-state index in [4.69, 9.17) is 18.9 Å². The first-order valence-corrected chi connectivity index (χ1v) is 23.4. The van der Waals surface area contributed by atoms with Crippen LogP contribution in [0.5, 0.6) is 34.5 Å². The van der Waals surface area contributed by atoms with Gasteiger partial charge in [-0.05, 0) is 73.9 Å². The predicted molar refractivity (Wildman–Crippen MR) is 264 cm³/mol. The third kappa shape index (κ3) is 12.9. The van der Waals surface area contributed by atoms with Gasteiger partial charge in [0, 0.05) is 66.4 Å². The van der Waals surface area contributed by atoms with Crippen LogP contribution in [0.3, 0.4) is 0 Å². The summed E-state index contributed by atoms with van der Waals surface area (Å²) < 4.78 is 143. The van der Waals surface area contributed by atoms with Crippen LogP contribution in [0.25, 0.3) is 33.8 Å². The van der Waals surface area contributed by atoms with Crippen molar-refractivity contribution in [1.29, 1.82) is 0 Å². The van der Waals surface area contributed by atoms with E-state index in [0.29, 0.717) is 56.9 Å². The standard InChI is InChI=1S/C29H26F5N3O3.C25H21F4N3O4/c1-16-9-17(3-5-21(16)26(38)11-18-10-22(18)30)25-14-36-28-24(35-8-7-29(32,33)34)13-20(15-37(25)28)40-19-4-6-27(39-2)23(31)12-19;1-14-9-15(3-5-18(14)24(33)34)21-12-31-23-20(30-8-7-25(27,28)29)11-17(13-32(21)23)36-16-4-6-22(35-2)19(26)10-16/h3-6,9,12-15,18,22,35H,7-8,10-11H2,1-2H3;3-6,9-13,30H,7-8H2,1-2H3,(H,33,34)/t18-,22+;/m1./s1. The van der Waals surface area contributed by atoms with E-state index >= 15 is 0 Å². The van der Waals surface area contributed by atoms with Gasteiger partial charge in [0.05, 0.1) is 80.2 Å². The summed E-state index contributed by atoms with van der Waals surface area (Å²) in [6.45, 7) is 2.66. The number of imidazole rings is 2. The average Bonchev–Trinajstić information content (AvgIpc) is 3.65. The van der Waals surface area contributed by atoms with Crippen LogP contribution in [0, 0.1) is 31.4 Å². The number of ketones is 1. The second-order valence-electron chi connectivity index (χ2n) is 17.7. The summed E-state index contributed by atoms with van der Waals surface area (Å²) >= 11 is 0. The molecule has 1 aliphatic carbocycles. The SMILES string of the molecule is COc1ccc(Oc2cc(NCCC(F)(F)F)c3ncc(-c4ccc(C(=O)C[C@H]5C[C@@H]5F)c(C)c4)n3c2)cc1F.COc1ccc(Oc2cc(NCCC(F)(F)F)c3ncc(-c4ccc(C(=O)O)c(C)c4)n3c2)cc1F. The number of hydrogen-bond acceptors (Lipinski definition) is 10. The molecule has 1 fully saturated rings. The number of aromatic nitrogens is 4. The molecular formula is C54H47F9N6O7. The molecule has 1 aliphatic rings. The molecule has 22 heteroatoms. The zero-order valence-corrected chi connectivity index (χ0v) is 40.9.